The van der Waals surface area contributed by atoms with Gasteiger partial charge >= 0.3 is 0 Å². The lowest BCUT2D eigenvalue weighted by Gasteiger charge is -2.36. The first-order valence-electron chi connectivity index (χ1n) is 6.31. The van der Waals surface area contributed by atoms with Crippen LogP contribution in [0.3, 0.4) is 0 Å². The van der Waals surface area contributed by atoms with Crippen molar-refractivity contribution in [3.05, 3.63) is 0 Å². The second-order valence-electron chi connectivity index (χ2n) is 5.48. The maximum absolute atomic E-state index is 6.16. The van der Waals surface area contributed by atoms with Crippen LogP contribution in [0.2, 0.25) is 0 Å². The van der Waals surface area contributed by atoms with E-state index in [-0.39, 0.29) is 0 Å². The molecule has 1 aliphatic carbocycles. The molecule has 1 aliphatic heterocycles. The van der Waals surface area contributed by atoms with Gasteiger partial charge in [0, 0.05) is 18.6 Å². The number of hydrogen-bond acceptors (Lipinski definition) is 3. The molecular formula is C12H25N3. The minimum Gasteiger partial charge on any atom is -0.326 e. The van der Waals surface area contributed by atoms with Gasteiger partial charge in [-0.15, -0.1) is 0 Å². The topological polar surface area (TPSA) is 32.5 Å². The SMILES string of the molecule is CN1CCC(N(C)CC(N)C2CC2)CC1. The highest BCUT2D eigenvalue weighted by atomic mass is 15.2. The molecule has 0 aromatic carbocycles. The molecule has 0 radical (unpaired) electrons. The van der Waals surface area contributed by atoms with Gasteiger partial charge in [0.15, 0.2) is 0 Å². The highest BCUT2D eigenvalue weighted by Gasteiger charge is 2.30. The first-order valence-corrected chi connectivity index (χ1v) is 6.31. The van der Waals surface area contributed by atoms with Crippen LogP contribution in [0, 0.1) is 5.92 Å². The van der Waals surface area contributed by atoms with Crippen LogP contribution < -0.4 is 5.73 Å². The fourth-order valence-electron chi connectivity index (χ4n) is 2.59. The van der Waals surface area contributed by atoms with Gasteiger partial charge in [-0.2, -0.15) is 0 Å². The van der Waals surface area contributed by atoms with Crippen LogP contribution in [0.1, 0.15) is 25.7 Å². The van der Waals surface area contributed by atoms with E-state index in [4.69, 9.17) is 5.73 Å². The number of likely N-dealkylation sites (N-methyl/N-ethyl adjacent to an activating group) is 1. The largest absolute Gasteiger partial charge is 0.326 e. The van der Waals surface area contributed by atoms with Crippen molar-refractivity contribution in [1.29, 1.82) is 0 Å². The van der Waals surface area contributed by atoms with Crippen molar-refractivity contribution in [2.24, 2.45) is 11.7 Å². The predicted molar refractivity (Wildman–Crippen MR) is 63.8 cm³/mol. The Labute approximate surface area is 93.6 Å². The molecule has 0 bridgehead atoms. The maximum atomic E-state index is 6.16. The summed E-state index contributed by atoms with van der Waals surface area (Å²) in [6.07, 6.45) is 5.35. The Balaban J connectivity index is 1.72. The van der Waals surface area contributed by atoms with Crippen LogP contribution in [0.4, 0.5) is 0 Å². The van der Waals surface area contributed by atoms with Gasteiger partial charge in [0.1, 0.15) is 0 Å². The molecule has 0 spiro atoms. The third-order valence-corrected chi connectivity index (χ3v) is 4.04. The van der Waals surface area contributed by atoms with Crippen molar-refractivity contribution in [2.45, 2.75) is 37.8 Å². The molecule has 15 heavy (non-hydrogen) atoms. The molecular weight excluding hydrogens is 186 g/mol. The molecule has 0 amide bonds. The van der Waals surface area contributed by atoms with Crippen molar-refractivity contribution in [2.75, 3.05) is 33.7 Å². The van der Waals surface area contributed by atoms with E-state index in [0.29, 0.717) is 6.04 Å². The first-order chi connectivity index (χ1) is 7.16. The zero-order valence-corrected chi connectivity index (χ0v) is 10.2. The van der Waals surface area contributed by atoms with Crippen LogP contribution in [-0.4, -0.2) is 55.6 Å². The monoisotopic (exact) mass is 211 g/mol. The van der Waals surface area contributed by atoms with Crippen LogP contribution in [-0.2, 0) is 0 Å². The summed E-state index contributed by atoms with van der Waals surface area (Å²) in [5.41, 5.74) is 6.16. The lowest BCUT2D eigenvalue weighted by atomic mass is 10.0. The normalized spacial score (nSPS) is 27.2. The zero-order chi connectivity index (χ0) is 10.8. The number of likely N-dealkylation sites (tertiary alicyclic amines) is 1. The summed E-state index contributed by atoms with van der Waals surface area (Å²) >= 11 is 0. The van der Waals surface area contributed by atoms with E-state index in [1.54, 1.807) is 0 Å². The van der Waals surface area contributed by atoms with E-state index in [9.17, 15) is 0 Å². The van der Waals surface area contributed by atoms with E-state index in [1.165, 1.54) is 38.8 Å². The standard InChI is InChI=1S/C12H25N3/c1-14-7-5-11(6-8-14)15(2)9-12(13)10-3-4-10/h10-12H,3-9,13H2,1-2H3. The molecule has 88 valence electrons. The quantitative estimate of drug-likeness (QED) is 0.745. The third kappa shape index (κ3) is 3.16. The van der Waals surface area contributed by atoms with Gasteiger partial charge in [-0.1, -0.05) is 0 Å². The number of rotatable bonds is 4. The molecule has 3 nitrogen and oxygen atoms in total. The maximum Gasteiger partial charge on any atom is 0.0196 e. The van der Waals surface area contributed by atoms with Crippen molar-refractivity contribution < 1.29 is 0 Å². The minimum absolute atomic E-state index is 0.426. The molecule has 1 atom stereocenters. The second-order valence-corrected chi connectivity index (χ2v) is 5.48. The molecule has 2 rings (SSSR count). The number of piperidine rings is 1. The first kappa shape index (κ1) is 11.4. The fourth-order valence-corrected chi connectivity index (χ4v) is 2.59. The van der Waals surface area contributed by atoms with Gasteiger partial charge in [0.2, 0.25) is 0 Å². The third-order valence-electron chi connectivity index (χ3n) is 4.04. The fraction of sp³-hybridized carbons (Fsp3) is 1.00. The van der Waals surface area contributed by atoms with Crippen LogP contribution in [0.15, 0.2) is 0 Å². The Bertz CT molecular complexity index is 195. The smallest absolute Gasteiger partial charge is 0.0196 e. The van der Waals surface area contributed by atoms with Crippen LogP contribution >= 0.6 is 0 Å². The van der Waals surface area contributed by atoms with Crippen molar-refractivity contribution >= 4 is 0 Å². The summed E-state index contributed by atoms with van der Waals surface area (Å²) in [6, 6.07) is 1.20. The van der Waals surface area contributed by atoms with E-state index in [2.05, 4.69) is 23.9 Å². The Morgan fingerprint density at radius 1 is 1.27 bits per heavy atom. The average Bonchev–Trinajstić information content (AvgIpc) is 3.01. The van der Waals surface area contributed by atoms with Gasteiger partial charge in [-0.05, 0) is 58.8 Å². The summed E-state index contributed by atoms with van der Waals surface area (Å²) in [5, 5.41) is 0. The summed E-state index contributed by atoms with van der Waals surface area (Å²) in [7, 11) is 4.46. The van der Waals surface area contributed by atoms with Crippen molar-refractivity contribution in [3.8, 4) is 0 Å². The Morgan fingerprint density at radius 3 is 2.40 bits per heavy atom. The van der Waals surface area contributed by atoms with Gasteiger partial charge < -0.3 is 15.5 Å². The highest BCUT2D eigenvalue weighted by Crippen LogP contribution is 2.32. The average molecular weight is 211 g/mol. The number of nitrogens with two attached hydrogens (primary N) is 1. The molecule has 1 saturated heterocycles. The summed E-state index contributed by atoms with van der Waals surface area (Å²) < 4.78 is 0. The molecule has 1 saturated carbocycles. The Kier molecular flexibility index (Phi) is 3.65. The number of nitrogens with zero attached hydrogens (tertiary/aromatic N) is 2. The summed E-state index contributed by atoms with van der Waals surface area (Å²) in [6.45, 7) is 3.58. The zero-order valence-electron chi connectivity index (χ0n) is 10.2. The van der Waals surface area contributed by atoms with Crippen molar-refractivity contribution in [3.63, 3.8) is 0 Å². The van der Waals surface area contributed by atoms with Gasteiger partial charge in [-0.25, -0.2) is 0 Å². The molecule has 1 heterocycles. The lowest BCUT2D eigenvalue weighted by molar-refractivity contribution is 0.136. The second kappa shape index (κ2) is 4.81. The van der Waals surface area contributed by atoms with Gasteiger partial charge in [0.05, 0.1) is 0 Å². The van der Waals surface area contributed by atoms with Crippen molar-refractivity contribution in [1.82, 2.24) is 9.80 Å². The lowest BCUT2D eigenvalue weighted by Crippen LogP contribution is -2.46. The molecule has 1 unspecified atom stereocenters. The molecule has 0 aromatic heterocycles. The van der Waals surface area contributed by atoms with Gasteiger partial charge in [0.25, 0.3) is 0 Å². The summed E-state index contributed by atoms with van der Waals surface area (Å²) in [4.78, 5) is 4.92. The molecule has 0 aromatic rings. The number of hydrogen-bond donors (Lipinski definition) is 1. The summed E-state index contributed by atoms with van der Waals surface area (Å²) in [5.74, 6) is 0.832. The molecule has 2 aliphatic rings. The van der Waals surface area contributed by atoms with E-state index in [0.717, 1.165) is 18.5 Å². The Hall–Kier alpha value is -0.120. The Morgan fingerprint density at radius 2 is 1.87 bits per heavy atom. The molecule has 2 fully saturated rings. The molecule has 3 heteroatoms. The highest BCUT2D eigenvalue weighted by molar-refractivity contribution is 4.87. The van der Waals surface area contributed by atoms with Crippen LogP contribution in [0.25, 0.3) is 0 Å². The predicted octanol–water partition coefficient (Wildman–Crippen LogP) is 0.750. The van der Waals surface area contributed by atoms with E-state index < -0.39 is 0 Å². The minimum atomic E-state index is 0.426. The van der Waals surface area contributed by atoms with E-state index in [1.807, 2.05) is 0 Å². The van der Waals surface area contributed by atoms with E-state index >= 15 is 0 Å². The van der Waals surface area contributed by atoms with Crippen LogP contribution in [0.5, 0.6) is 0 Å². The molecule has 2 N–H and O–H groups in total. The van der Waals surface area contributed by atoms with Gasteiger partial charge in [-0.3, -0.25) is 0 Å².